The number of benzene rings is 2. The van der Waals surface area contributed by atoms with Gasteiger partial charge in [0.15, 0.2) is 0 Å². The van der Waals surface area contributed by atoms with Crippen molar-refractivity contribution in [2.24, 2.45) is 0 Å². The van der Waals surface area contributed by atoms with Crippen LogP contribution in [0.25, 0.3) is 0 Å². The molecule has 106 valence electrons. The number of aliphatic hydroxyl groups is 1. The van der Waals surface area contributed by atoms with Crippen LogP contribution in [-0.4, -0.2) is 13.5 Å². The predicted octanol–water partition coefficient (Wildman–Crippen LogP) is 2.26. The van der Waals surface area contributed by atoms with Crippen LogP contribution in [0.5, 0.6) is 0 Å². The first-order valence-electron chi connectivity index (χ1n) is 5.60. The van der Waals surface area contributed by atoms with Gasteiger partial charge in [0, 0.05) is 0 Å². The van der Waals surface area contributed by atoms with Crippen molar-refractivity contribution in [1.29, 1.82) is 0 Å². The number of halogens is 2. The van der Waals surface area contributed by atoms with Gasteiger partial charge in [0.1, 0.15) is 16.5 Å². The maximum Gasteiger partial charge on any atom is 0.264 e. The van der Waals surface area contributed by atoms with Gasteiger partial charge in [-0.25, -0.2) is 17.2 Å². The summed E-state index contributed by atoms with van der Waals surface area (Å²) in [5.74, 6) is -1.57. The Morgan fingerprint density at radius 1 is 1.10 bits per heavy atom. The van der Waals surface area contributed by atoms with Gasteiger partial charge in [0.05, 0.1) is 12.3 Å². The molecule has 0 aliphatic carbocycles. The van der Waals surface area contributed by atoms with Crippen molar-refractivity contribution >= 4 is 15.7 Å². The molecule has 0 aliphatic rings. The van der Waals surface area contributed by atoms with Gasteiger partial charge in [0.2, 0.25) is 0 Å². The summed E-state index contributed by atoms with van der Waals surface area (Å²) in [5, 5.41) is 8.96. The summed E-state index contributed by atoms with van der Waals surface area (Å²) in [6.07, 6.45) is 0. The average molecular weight is 299 g/mol. The Labute approximate surface area is 114 Å². The topological polar surface area (TPSA) is 66.4 Å². The van der Waals surface area contributed by atoms with E-state index in [0.29, 0.717) is 0 Å². The Morgan fingerprint density at radius 3 is 2.50 bits per heavy atom. The average Bonchev–Trinajstić information content (AvgIpc) is 2.38. The largest absolute Gasteiger partial charge is 0.392 e. The zero-order chi connectivity index (χ0) is 14.8. The molecule has 0 aromatic heterocycles. The molecule has 0 fully saturated rings. The highest BCUT2D eigenvalue weighted by molar-refractivity contribution is 7.92. The quantitative estimate of drug-likeness (QED) is 0.910. The maximum atomic E-state index is 13.6. The number of hydrogen-bond donors (Lipinski definition) is 2. The number of anilines is 1. The van der Waals surface area contributed by atoms with E-state index in [1.807, 2.05) is 0 Å². The van der Waals surface area contributed by atoms with E-state index in [0.717, 1.165) is 24.3 Å². The van der Waals surface area contributed by atoms with Crippen molar-refractivity contribution in [3.63, 3.8) is 0 Å². The molecular formula is C13H11F2NO3S. The third-order valence-corrected chi connectivity index (χ3v) is 3.94. The second-order valence-corrected chi connectivity index (χ2v) is 5.69. The standard InChI is InChI=1S/C13H11F2NO3S/c14-10-2-1-3-11(7-10)16-20(18,19)13-6-9(8-17)4-5-12(13)15/h1-7,16-17H,8H2. The van der Waals surface area contributed by atoms with Crippen molar-refractivity contribution in [1.82, 2.24) is 0 Å². The Hall–Kier alpha value is -1.99. The minimum Gasteiger partial charge on any atom is -0.392 e. The SMILES string of the molecule is O=S(=O)(Nc1cccc(F)c1)c1cc(CO)ccc1F. The normalized spacial score (nSPS) is 11.3. The molecule has 0 radical (unpaired) electrons. The zero-order valence-electron chi connectivity index (χ0n) is 10.2. The van der Waals surface area contributed by atoms with E-state index in [1.54, 1.807) is 0 Å². The number of hydrogen-bond acceptors (Lipinski definition) is 3. The molecule has 2 rings (SSSR count). The van der Waals surface area contributed by atoms with Gasteiger partial charge in [-0.15, -0.1) is 0 Å². The van der Waals surface area contributed by atoms with Gasteiger partial charge in [-0.1, -0.05) is 12.1 Å². The van der Waals surface area contributed by atoms with Gasteiger partial charge >= 0.3 is 0 Å². The molecule has 2 aromatic carbocycles. The van der Waals surface area contributed by atoms with Crippen LogP contribution in [-0.2, 0) is 16.6 Å². The highest BCUT2D eigenvalue weighted by Gasteiger charge is 2.19. The molecule has 0 amide bonds. The molecule has 2 N–H and O–H groups in total. The van der Waals surface area contributed by atoms with Crippen molar-refractivity contribution in [2.75, 3.05) is 4.72 Å². The summed E-state index contributed by atoms with van der Waals surface area (Å²) in [6, 6.07) is 8.05. The highest BCUT2D eigenvalue weighted by Crippen LogP contribution is 2.20. The third-order valence-electron chi connectivity index (χ3n) is 2.54. The summed E-state index contributed by atoms with van der Waals surface area (Å²) >= 11 is 0. The van der Waals surface area contributed by atoms with Crippen LogP contribution in [0.4, 0.5) is 14.5 Å². The van der Waals surface area contributed by atoms with Crippen LogP contribution in [0.2, 0.25) is 0 Å². The van der Waals surface area contributed by atoms with E-state index in [4.69, 9.17) is 5.11 Å². The van der Waals surface area contributed by atoms with Gasteiger partial charge in [0.25, 0.3) is 10.0 Å². The summed E-state index contributed by atoms with van der Waals surface area (Å²) in [4.78, 5) is -0.603. The smallest absolute Gasteiger partial charge is 0.264 e. The molecule has 2 aromatic rings. The van der Waals surface area contributed by atoms with Crippen LogP contribution >= 0.6 is 0 Å². The first-order chi connectivity index (χ1) is 9.42. The summed E-state index contributed by atoms with van der Waals surface area (Å²) in [6.45, 7) is -0.414. The Bertz CT molecular complexity index is 732. The lowest BCUT2D eigenvalue weighted by atomic mass is 10.2. The van der Waals surface area contributed by atoms with Gasteiger partial charge in [-0.05, 0) is 35.9 Å². The summed E-state index contributed by atoms with van der Waals surface area (Å²) < 4.78 is 52.8. The highest BCUT2D eigenvalue weighted by atomic mass is 32.2. The number of aliphatic hydroxyl groups excluding tert-OH is 1. The predicted molar refractivity (Wildman–Crippen MR) is 69.5 cm³/mol. The fourth-order valence-electron chi connectivity index (χ4n) is 1.61. The number of rotatable bonds is 4. The molecule has 0 saturated heterocycles. The lowest BCUT2D eigenvalue weighted by Gasteiger charge is -2.10. The maximum absolute atomic E-state index is 13.6. The Kier molecular flexibility index (Phi) is 4.01. The van der Waals surface area contributed by atoms with Gasteiger partial charge in [-0.3, -0.25) is 4.72 Å². The lowest BCUT2D eigenvalue weighted by Crippen LogP contribution is -2.15. The third kappa shape index (κ3) is 3.12. The fraction of sp³-hybridized carbons (Fsp3) is 0.0769. The zero-order valence-corrected chi connectivity index (χ0v) is 11.0. The van der Waals surface area contributed by atoms with Crippen LogP contribution in [0.15, 0.2) is 47.4 Å². The molecule has 0 spiro atoms. The molecule has 0 aliphatic heterocycles. The van der Waals surface area contributed by atoms with E-state index in [2.05, 4.69) is 4.72 Å². The van der Waals surface area contributed by atoms with Crippen LogP contribution in [0, 0.1) is 11.6 Å². The van der Waals surface area contributed by atoms with Crippen LogP contribution < -0.4 is 4.72 Å². The van der Waals surface area contributed by atoms with Gasteiger partial charge < -0.3 is 5.11 Å². The first-order valence-corrected chi connectivity index (χ1v) is 7.08. The fourth-order valence-corrected chi connectivity index (χ4v) is 2.79. The van der Waals surface area contributed by atoms with Crippen LogP contribution in [0.1, 0.15) is 5.56 Å². The van der Waals surface area contributed by atoms with Gasteiger partial charge in [-0.2, -0.15) is 0 Å². The van der Waals surface area contributed by atoms with Crippen molar-refractivity contribution in [2.45, 2.75) is 11.5 Å². The minimum atomic E-state index is -4.20. The minimum absolute atomic E-state index is 0.0150. The number of sulfonamides is 1. The van der Waals surface area contributed by atoms with Crippen molar-refractivity contribution in [3.8, 4) is 0 Å². The summed E-state index contributed by atoms with van der Waals surface area (Å²) in [5.41, 5.74) is 0.241. The molecule has 0 heterocycles. The lowest BCUT2D eigenvalue weighted by molar-refractivity contribution is 0.281. The monoisotopic (exact) mass is 299 g/mol. The van der Waals surface area contributed by atoms with Crippen molar-refractivity contribution in [3.05, 3.63) is 59.7 Å². The number of nitrogens with one attached hydrogen (secondary N) is 1. The molecule has 0 bridgehead atoms. The molecule has 7 heteroatoms. The first kappa shape index (κ1) is 14.4. The summed E-state index contributed by atoms with van der Waals surface area (Å²) in [7, 11) is -4.20. The van der Waals surface area contributed by atoms with Crippen molar-refractivity contribution < 1.29 is 22.3 Å². The van der Waals surface area contributed by atoms with E-state index in [1.165, 1.54) is 18.2 Å². The molecule has 0 unspecified atom stereocenters. The van der Waals surface area contributed by atoms with Crippen LogP contribution in [0.3, 0.4) is 0 Å². The second-order valence-electron chi connectivity index (χ2n) is 4.04. The molecule has 20 heavy (non-hydrogen) atoms. The second kappa shape index (κ2) is 5.56. The van der Waals surface area contributed by atoms with E-state index >= 15 is 0 Å². The Balaban J connectivity index is 2.40. The Morgan fingerprint density at radius 2 is 1.85 bits per heavy atom. The molecule has 0 saturated carbocycles. The molecule has 4 nitrogen and oxygen atoms in total. The van der Waals surface area contributed by atoms with E-state index in [-0.39, 0.29) is 11.3 Å². The molecular weight excluding hydrogens is 288 g/mol. The molecule has 0 atom stereocenters. The van der Waals surface area contributed by atoms with E-state index < -0.39 is 33.2 Å². The van der Waals surface area contributed by atoms with E-state index in [9.17, 15) is 17.2 Å².